The highest BCUT2D eigenvalue weighted by atomic mass is 79.9. The maximum Gasteiger partial charge on any atom is 0.125 e. The monoisotopic (exact) mass is 260 g/mol. The van der Waals surface area contributed by atoms with Crippen LogP contribution in [0, 0.1) is 12.7 Å². The molecule has 72 valence electrons. The van der Waals surface area contributed by atoms with Gasteiger partial charge in [-0.1, -0.05) is 35.6 Å². The van der Waals surface area contributed by atoms with Gasteiger partial charge in [0.25, 0.3) is 0 Å². The minimum absolute atomic E-state index is 0.0256. The van der Waals surface area contributed by atoms with Gasteiger partial charge in [0.1, 0.15) is 5.82 Å². The molecule has 0 aliphatic heterocycles. The molecular weight excluding hydrogens is 247 g/mol. The molecule has 0 spiro atoms. The Kier molecular flexibility index (Phi) is 2.97. The van der Waals surface area contributed by atoms with Crippen LogP contribution in [0.15, 0.2) is 16.6 Å². The molecule has 1 aromatic carbocycles. The van der Waals surface area contributed by atoms with Crippen molar-refractivity contribution in [3.05, 3.63) is 28.0 Å². The molecule has 13 heavy (non-hydrogen) atoms. The Morgan fingerprint density at radius 1 is 1.23 bits per heavy atom. The highest BCUT2D eigenvalue weighted by Gasteiger charge is 2.22. The first-order chi connectivity index (χ1) is 5.82. The summed E-state index contributed by atoms with van der Waals surface area (Å²) in [6.07, 6.45) is 0. The molecule has 1 rings (SSSR count). The standard InChI is InChI=1S/C10H14BrFSi/c1-7-5-8(11)6-9(10(7)12)13(2,3)4/h5-6H,1-4H3. The lowest BCUT2D eigenvalue weighted by atomic mass is 10.2. The van der Waals surface area contributed by atoms with Gasteiger partial charge in [0, 0.05) is 4.47 Å². The van der Waals surface area contributed by atoms with Crippen LogP contribution in [0.25, 0.3) is 0 Å². The molecular formula is C10H14BrFSi. The number of halogens is 2. The van der Waals surface area contributed by atoms with Gasteiger partial charge in [-0.2, -0.15) is 0 Å². The van der Waals surface area contributed by atoms with Gasteiger partial charge in [0.2, 0.25) is 0 Å². The fourth-order valence-electron chi connectivity index (χ4n) is 1.27. The molecule has 0 amide bonds. The van der Waals surface area contributed by atoms with Crippen molar-refractivity contribution < 1.29 is 4.39 Å². The van der Waals surface area contributed by atoms with Crippen LogP contribution < -0.4 is 5.19 Å². The van der Waals surface area contributed by atoms with Crippen LogP contribution in [0.2, 0.25) is 19.6 Å². The summed E-state index contributed by atoms with van der Waals surface area (Å²) >= 11 is 3.40. The molecule has 0 N–H and O–H groups in total. The Morgan fingerprint density at radius 3 is 2.23 bits per heavy atom. The molecule has 0 saturated carbocycles. The fourth-order valence-corrected chi connectivity index (χ4v) is 3.50. The van der Waals surface area contributed by atoms with E-state index >= 15 is 0 Å². The smallest absolute Gasteiger partial charge is 0.125 e. The van der Waals surface area contributed by atoms with Crippen molar-refractivity contribution >= 4 is 29.2 Å². The van der Waals surface area contributed by atoms with Crippen molar-refractivity contribution in [1.29, 1.82) is 0 Å². The average molecular weight is 261 g/mol. The SMILES string of the molecule is Cc1cc(Br)cc([Si](C)(C)C)c1F. The normalized spacial score (nSPS) is 11.8. The predicted octanol–water partition coefficient (Wildman–Crippen LogP) is 3.44. The van der Waals surface area contributed by atoms with Crippen molar-refractivity contribution in [2.24, 2.45) is 0 Å². The van der Waals surface area contributed by atoms with E-state index in [-0.39, 0.29) is 5.82 Å². The molecule has 0 aromatic heterocycles. The zero-order valence-electron chi connectivity index (χ0n) is 8.41. The Morgan fingerprint density at radius 2 is 1.77 bits per heavy atom. The summed E-state index contributed by atoms with van der Waals surface area (Å²) in [6, 6.07) is 3.73. The minimum Gasteiger partial charge on any atom is -0.207 e. The average Bonchev–Trinajstić information content (AvgIpc) is 1.94. The van der Waals surface area contributed by atoms with Crippen LogP contribution in [-0.4, -0.2) is 8.07 Å². The third-order valence-electron chi connectivity index (χ3n) is 2.03. The van der Waals surface area contributed by atoms with Gasteiger partial charge in [-0.05, 0) is 29.8 Å². The second-order valence-electron chi connectivity index (χ2n) is 4.33. The first kappa shape index (κ1) is 10.9. The van der Waals surface area contributed by atoms with Gasteiger partial charge in [-0.15, -0.1) is 0 Å². The number of hydrogen-bond donors (Lipinski definition) is 0. The molecule has 0 saturated heterocycles. The second-order valence-corrected chi connectivity index (χ2v) is 10.3. The molecule has 1 aromatic rings. The maximum atomic E-state index is 13.7. The van der Waals surface area contributed by atoms with E-state index in [0.29, 0.717) is 0 Å². The van der Waals surface area contributed by atoms with Crippen LogP contribution in [0.3, 0.4) is 0 Å². The summed E-state index contributed by atoms with van der Waals surface area (Å²) in [7, 11) is -1.55. The van der Waals surface area contributed by atoms with E-state index in [1.54, 1.807) is 0 Å². The first-order valence-corrected chi connectivity index (χ1v) is 8.58. The third-order valence-corrected chi connectivity index (χ3v) is 4.47. The second kappa shape index (κ2) is 3.54. The molecule has 0 bridgehead atoms. The van der Waals surface area contributed by atoms with E-state index in [0.717, 1.165) is 15.2 Å². The Labute approximate surface area is 88.3 Å². The number of benzene rings is 1. The molecule has 0 unspecified atom stereocenters. The lowest BCUT2D eigenvalue weighted by Crippen LogP contribution is -2.40. The first-order valence-electron chi connectivity index (χ1n) is 4.28. The van der Waals surface area contributed by atoms with Gasteiger partial charge in [-0.3, -0.25) is 0 Å². The van der Waals surface area contributed by atoms with E-state index in [4.69, 9.17) is 0 Å². The summed E-state index contributed by atoms with van der Waals surface area (Å²) in [5.41, 5.74) is 0.729. The summed E-state index contributed by atoms with van der Waals surface area (Å²) in [6.45, 7) is 8.26. The quantitative estimate of drug-likeness (QED) is 0.679. The molecule has 0 radical (unpaired) electrons. The highest BCUT2D eigenvalue weighted by molar-refractivity contribution is 9.10. The summed E-state index contributed by atoms with van der Waals surface area (Å²) in [5.74, 6) is -0.0256. The summed E-state index contributed by atoms with van der Waals surface area (Å²) in [4.78, 5) is 0. The number of rotatable bonds is 1. The van der Waals surface area contributed by atoms with Crippen LogP contribution >= 0.6 is 15.9 Å². The largest absolute Gasteiger partial charge is 0.207 e. The van der Waals surface area contributed by atoms with Gasteiger partial charge >= 0.3 is 0 Å². The predicted molar refractivity (Wildman–Crippen MR) is 61.8 cm³/mol. The molecule has 0 atom stereocenters. The topological polar surface area (TPSA) is 0 Å². The minimum atomic E-state index is -1.55. The van der Waals surface area contributed by atoms with Crippen molar-refractivity contribution in [2.75, 3.05) is 0 Å². The van der Waals surface area contributed by atoms with Crippen molar-refractivity contribution in [3.63, 3.8) is 0 Å². The van der Waals surface area contributed by atoms with E-state index in [1.807, 2.05) is 19.1 Å². The lowest BCUT2D eigenvalue weighted by Gasteiger charge is -2.18. The van der Waals surface area contributed by atoms with E-state index in [2.05, 4.69) is 35.6 Å². The molecule has 0 nitrogen and oxygen atoms in total. The van der Waals surface area contributed by atoms with Gasteiger partial charge in [-0.25, -0.2) is 4.39 Å². The Hall–Kier alpha value is -0.153. The third kappa shape index (κ3) is 2.41. The molecule has 0 fully saturated rings. The zero-order valence-corrected chi connectivity index (χ0v) is 11.0. The van der Waals surface area contributed by atoms with Crippen molar-refractivity contribution in [1.82, 2.24) is 0 Å². The zero-order chi connectivity index (χ0) is 10.2. The highest BCUT2D eigenvalue weighted by Crippen LogP contribution is 2.16. The van der Waals surface area contributed by atoms with E-state index < -0.39 is 8.07 Å². The Balaban J connectivity index is 3.37. The van der Waals surface area contributed by atoms with Crippen molar-refractivity contribution in [3.8, 4) is 0 Å². The van der Waals surface area contributed by atoms with Crippen molar-refractivity contribution in [2.45, 2.75) is 26.6 Å². The summed E-state index contributed by atoms with van der Waals surface area (Å²) in [5, 5.41) is 0.902. The van der Waals surface area contributed by atoms with Crippen LogP contribution in [0.4, 0.5) is 4.39 Å². The van der Waals surface area contributed by atoms with Crippen LogP contribution in [0.5, 0.6) is 0 Å². The lowest BCUT2D eigenvalue weighted by molar-refractivity contribution is 0.625. The number of aryl methyl sites for hydroxylation is 1. The van der Waals surface area contributed by atoms with Crippen LogP contribution in [0.1, 0.15) is 5.56 Å². The van der Waals surface area contributed by atoms with Gasteiger partial charge in [0.05, 0.1) is 8.07 Å². The van der Waals surface area contributed by atoms with Gasteiger partial charge < -0.3 is 0 Å². The van der Waals surface area contributed by atoms with Crippen LogP contribution in [-0.2, 0) is 0 Å². The molecule has 3 heteroatoms. The maximum absolute atomic E-state index is 13.7. The summed E-state index contributed by atoms with van der Waals surface area (Å²) < 4.78 is 14.7. The van der Waals surface area contributed by atoms with E-state index in [1.165, 1.54) is 0 Å². The van der Waals surface area contributed by atoms with Gasteiger partial charge in [0.15, 0.2) is 0 Å². The molecule has 0 aliphatic rings. The molecule has 0 heterocycles. The number of hydrogen-bond acceptors (Lipinski definition) is 0. The molecule has 0 aliphatic carbocycles. The fraction of sp³-hybridized carbons (Fsp3) is 0.400. The van der Waals surface area contributed by atoms with E-state index in [9.17, 15) is 4.39 Å². The Bertz CT molecular complexity index is 328.